The standard InChI is InChI=1S/C18H18Cl2N8O2/c19-12-3-4-14(13(20)9-12)30-10-15(29)26-27-17-16(23)18(25-11-24-17)28(7-1-5-21)8-2-6-22/h3-4,9,11H,1-2,7-8,10,23H2,(H,26,29)(H,24,25,27). The Labute approximate surface area is 183 Å². The van der Waals surface area contributed by atoms with Crippen LogP contribution in [0.15, 0.2) is 24.5 Å². The molecule has 0 bridgehead atoms. The van der Waals surface area contributed by atoms with Crippen LogP contribution in [0.5, 0.6) is 5.75 Å². The molecule has 0 radical (unpaired) electrons. The number of nitrogens with two attached hydrogens (primary N) is 1. The predicted octanol–water partition coefficient (Wildman–Crippen LogP) is 2.52. The predicted molar refractivity (Wildman–Crippen MR) is 113 cm³/mol. The average Bonchev–Trinajstić information content (AvgIpc) is 2.73. The van der Waals surface area contributed by atoms with E-state index in [4.69, 9.17) is 44.2 Å². The number of halogens is 2. The summed E-state index contributed by atoms with van der Waals surface area (Å²) in [6.07, 6.45) is 1.73. The molecule has 2 aromatic rings. The zero-order chi connectivity index (χ0) is 21.9. The maximum Gasteiger partial charge on any atom is 0.276 e. The van der Waals surface area contributed by atoms with E-state index in [-0.39, 0.29) is 36.0 Å². The molecule has 0 unspecified atom stereocenters. The number of nitrogens with zero attached hydrogens (tertiary/aromatic N) is 5. The second-order valence-electron chi connectivity index (χ2n) is 5.80. The van der Waals surface area contributed by atoms with Crippen molar-refractivity contribution in [3.8, 4) is 17.9 Å². The zero-order valence-electron chi connectivity index (χ0n) is 15.7. The van der Waals surface area contributed by atoms with Crippen molar-refractivity contribution in [1.29, 1.82) is 10.5 Å². The van der Waals surface area contributed by atoms with Crippen molar-refractivity contribution in [1.82, 2.24) is 15.4 Å². The van der Waals surface area contributed by atoms with E-state index >= 15 is 0 Å². The summed E-state index contributed by atoms with van der Waals surface area (Å²) in [6.45, 7) is 0.379. The Morgan fingerprint density at radius 2 is 1.90 bits per heavy atom. The lowest BCUT2D eigenvalue weighted by molar-refractivity contribution is -0.122. The summed E-state index contributed by atoms with van der Waals surface area (Å²) in [5, 5.41) is 18.4. The van der Waals surface area contributed by atoms with E-state index in [2.05, 4.69) is 20.8 Å². The summed E-state index contributed by atoms with van der Waals surface area (Å²) in [7, 11) is 0. The lowest BCUT2D eigenvalue weighted by Gasteiger charge is -2.23. The van der Waals surface area contributed by atoms with Gasteiger partial charge in [0.25, 0.3) is 5.91 Å². The van der Waals surface area contributed by atoms with Crippen molar-refractivity contribution in [3.63, 3.8) is 0 Å². The van der Waals surface area contributed by atoms with E-state index in [1.807, 2.05) is 12.1 Å². The van der Waals surface area contributed by atoms with Crippen LogP contribution in [0, 0.1) is 22.7 Å². The van der Waals surface area contributed by atoms with Crippen molar-refractivity contribution >= 4 is 46.4 Å². The number of ether oxygens (including phenoxy) is 1. The number of aromatic nitrogens is 2. The van der Waals surface area contributed by atoms with Crippen molar-refractivity contribution in [2.75, 3.05) is 35.8 Å². The molecule has 0 saturated carbocycles. The molecular formula is C18H18Cl2N8O2. The molecule has 1 aromatic carbocycles. The summed E-state index contributed by atoms with van der Waals surface area (Å²) >= 11 is 11.8. The molecule has 1 heterocycles. The minimum atomic E-state index is -0.508. The first kappa shape index (κ1) is 22.8. The first-order valence-electron chi connectivity index (χ1n) is 8.68. The number of nitriles is 2. The highest BCUT2D eigenvalue weighted by atomic mass is 35.5. The van der Waals surface area contributed by atoms with Gasteiger partial charge in [0.2, 0.25) is 0 Å². The number of hydrogen-bond acceptors (Lipinski definition) is 9. The average molecular weight is 449 g/mol. The van der Waals surface area contributed by atoms with E-state index in [0.29, 0.717) is 29.7 Å². The second-order valence-corrected chi connectivity index (χ2v) is 6.64. The first-order chi connectivity index (χ1) is 14.5. The van der Waals surface area contributed by atoms with Crippen LogP contribution in [-0.2, 0) is 4.79 Å². The van der Waals surface area contributed by atoms with Crippen molar-refractivity contribution < 1.29 is 9.53 Å². The van der Waals surface area contributed by atoms with E-state index < -0.39 is 5.91 Å². The second kappa shape index (κ2) is 11.5. The normalized spacial score (nSPS) is 9.87. The largest absolute Gasteiger partial charge is 0.482 e. The highest BCUT2D eigenvalue weighted by Crippen LogP contribution is 2.28. The monoisotopic (exact) mass is 448 g/mol. The Morgan fingerprint density at radius 3 is 2.53 bits per heavy atom. The molecule has 4 N–H and O–H groups in total. The molecule has 156 valence electrons. The number of hydrazine groups is 1. The van der Waals surface area contributed by atoms with Gasteiger partial charge in [-0.1, -0.05) is 23.2 Å². The van der Waals surface area contributed by atoms with Gasteiger partial charge in [0.15, 0.2) is 18.2 Å². The Bertz CT molecular complexity index is 956. The molecule has 0 fully saturated rings. The maximum atomic E-state index is 12.0. The topological polar surface area (TPSA) is 153 Å². The Hall–Kier alpha value is -3.47. The number of carbonyl (C=O) groups is 1. The maximum absolute atomic E-state index is 12.0. The number of hydrogen-bond donors (Lipinski definition) is 3. The SMILES string of the molecule is N#CCCN(CCC#N)c1ncnc(NNC(=O)COc2ccc(Cl)cc2Cl)c1N. The van der Waals surface area contributed by atoms with Gasteiger partial charge >= 0.3 is 0 Å². The number of amides is 1. The molecule has 0 spiro atoms. The van der Waals surface area contributed by atoms with Gasteiger partial charge < -0.3 is 15.4 Å². The molecule has 0 aliphatic carbocycles. The van der Waals surface area contributed by atoms with Crippen molar-refractivity contribution in [2.45, 2.75) is 12.8 Å². The number of rotatable bonds is 10. The van der Waals surface area contributed by atoms with Gasteiger partial charge in [-0.25, -0.2) is 9.97 Å². The molecule has 1 aromatic heterocycles. The minimum absolute atomic E-state index is 0.162. The first-order valence-corrected chi connectivity index (χ1v) is 9.44. The molecule has 2 rings (SSSR count). The molecule has 10 nitrogen and oxygen atoms in total. The molecule has 0 saturated heterocycles. The number of nitrogens with one attached hydrogen (secondary N) is 2. The van der Waals surface area contributed by atoms with Crippen LogP contribution < -0.4 is 26.2 Å². The Kier molecular flexibility index (Phi) is 8.75. The van der Waals surface area contributed by atoms with Gasteiger partial charge in [-0.3, -0.25) is 15.6 Å². The molecular weight excluding hydrogens is 431 g/mol. The van der Waals surface area contributed by atoms with Gasteiger partial charge in [-0.2, -0.15) is 10.5 Å². The number of anilines is 3. The molecule has 0 atom stereocenters. The molecule has 0 aliphatic rings. The Balaban J connectivity index is 1.99. The fourth-order valence-corrected chi connectivity index (χ4v) is 2.80. The van der Waals surface area contributed by atoms with Gasteiger partial charge in [0, 0.05) is 18.1 Å². The quantitative estimate of drug-likeness (QED) is 0.464. The van der Waals surface area contributed by atoms with Crippen molar-refractivity contribution in [2.24, 2.45) is 0 Å². The van der Waals surface area contributed by atoms with Crippen LogP contribution in [0.2, 0.25) is 10.0 Å². The third kappa shape index (κ3) is 6.55. The van der Waals surface area contributed by atoms with Crippen LogP contribution in [0.3, 0.4) is 0 Å². The van der Waals surface area contributed by atoms with Gasteiger partial charge in [-0.15, -0.1) is 0 Å². The lowest BCUT2D eigenvalue weighted by Crippen LogP contribution is -2.35. The summed E-state index contributed by atoms with van der Waals surface area (Å²) in [6, 6.07) is 8.73. The number of benzene rings is 1. The minimum Gasteiger partial charge on any atom is -0.482 e. The molecule has 12 heteroatoms. The highest BCUT2D eigenvalue weighted by Gasteiger charge is 2.16. The van der Waals surface area contributed by atoms with Crippen molar-refractivity contribution in [3.05, 3.63) is 34.6 Å². The summed E-state index contributed by atoms with van der Waals surface area (Å²) < 4.78 is 5.35. The number of nitrogen functional groups attached to an aromatic ring is 1. The third-order valence-corrected chi connectivity index (χ3v) is 4.25. The highest BCUT2D eigenvalue weighted by molar-refractivity contribution is 6.35. The summed E-state index contributed by atoms with van der Waals surface area (Å²) in [5.41, 5.74) is 11.3. The van der Waals surface area contributed by atoms with Gasteiger partial charge in [0.05, 0.1) is 30.0 Å². The summed E-state index contributed by atoms with van der Waals surface area (Å²) in [4.78, 5) is 21.9. The number of carbonyl (C=O) groups excluding carboxylic acids is 1. The van der Waals surface area contributed by atoms with Crippen LogP contribution in [0.25, 0.3) is 0 Å². The zero-order valence-corrected chi connectivity index (χ0v) is 17.2. The third-order valence-electron chi connectivity index (χ3n) is 3.72. The van der Waals surface area contributed by atoms with Gasteiger partial charge in [-0.05, 0) is 18.2 Å². The van der Waals surface area contributed by atoms with Crippen LogP contribution in [0.1, 0.15) is 12.8 Å². The van der Waals surface area contributed by atoms with Crippen LogP contribution >= 0.6 is 23.2 Å². The van der Waals surface area contributed by atoms with Crippen LogP contribution in [-0.4, -0.2) is 35.6 Å². The van der Waals surface area contributed by atoms with Crippen LogP contribution in [0.4, 0.5) is 17.3 Å². The molecule has 0 aliphatic heterocycles. The smallest absolute Gasteiger partial charge is 0.276 e. The van der Waals surface area contributed by atoms with E-state index in [9.17, 15) is 4.79 Å². The fourth-order valence-electron chi connectivity index (χ4n) is 2.33. The molecule has 1 amide bonds. The van der Waals surface area contributed by atoms with E-state index in [0.717, 1.165) is 0 Å². The van der Waals surface area contributed by atoms with Gasteiger partial charge in [0.1, 0.15) is 17.8 Å². The fraction of sp³-hybridized carbons (Fsp3) is 0.278. The van der Waals surface area contributed by atoms with E-state index in [1.54, 1.807) is 17.0 Å². The van der Waals surface area contributed by atoms with E-state index in [1.165, 1.54) is 12.4 Å². The summed E-state index contributed by atoms with van der Waals surface area (Å²) in [5.74, 6) is 0.324. The Morgan fingerprint density at radius 1 is 1.20 bits per heavy atom. The molecule has 30 heavy (non-hydrogen) atoms. The lowest BCUT2D eigenvalue weighted by atomic mass is 10.3.